The number of nitrogen functional groups attached to an aromatic ring is 1. The molecule has 1 heterocycles. The van der Waals surface area contributed by atoms with Crippen molar-refractivity contribution in [1.29, 1.82) is 0 Å². The fraction of sp³-hybridized carbons (Fsp3) is 0.462. The van der Waals surface area contributed by atoms with E-state index in [0.29, 0.717) is 25.7 Å². The van der Waals surface area contributed by atoms with Crippen molar-refractivity contribution >= 4 is 11.7 Å². The number of nitrogens with two attached hydrogens (primary N) is 1. The zero-order chi connectivity index (χ0) is 13.0. The van der Waals surface area contributed by atoms with Gasteiger partial charge in [-0.2, -0.15) is 0 Å². The molecule has 1 saturated heterocycles. The summed E-state index contributed by atoms with van der Waals surface area (Å²) in [4.78, 5) is 11.7. The Bertz CT molecular complexity index is 430. The van der Waals surface area contributed by atoms with E-state index in [1.54, 1.807) is 0 Å². The summed E-state index contributed by atoms with van der Waals surface area (Å²) < 4.78 is 23.4. The van der Waals surface area contributed by atoms with Gasteiger partial charge in [-0.3, -0.25) is 0 Å². The molecule has 1 fully saturated rings. The first-order valence-corrected chi connectivity index (χ1v) is 5.96. The molecule has 0 atom stereocenters. The summed E-state index contributed by atoms with van der Waals surface area (Å²) in [7, 11) is 0. The second kappa shape index (κ2) is 5.82. The number of benzene rings is 1. The summed E-state index contributed by atoms with van der Waals surface area (Å²) >= 11 is 0. The standard InChI is InChI=1S/C13H16FNO3/c14-11-2-1-10(7-12(11)15)13(16)18-8-9-3-5-17-6-4-9/h1-2,7,9H,3-6,8,15H2. The van der Waals surface area contributed by atoms with Crippen LogP contribution < -0.4 is 5.73 Å². The van der Waals surface area contributed by atoms with Crippen molar-refractivity contribution in [1.82, 2.24) is 0 Å². The van der Waals surface area contributed by atoms with E-state index in [1.165, 1.54) is 18.2 Å². The van der Waals surface area contributed by atoms with E-state index < -0.39 is 11.8 Å². The largest absolute Gasteiger partial charge is 0.462 e. The smallest absolute Gasteiger partial charge is 0.338 e. The van der Waals surface area contributed by atoms with E-state index in [2.05, 4.69) is 0 Å². The number of carbonyl (C=O) groups excluding carboxylic acids is 1. The Morgan fingerprint density at radius 1 is 1.44 bits per heavy atom. The van der Waals surface area contributed by atoms with Gasteiger partial charge in [0, 0.05) is 13.2 Å². The number of halogens is 1. The van der Waals surface area contributed by atoms with Crippen LogP contribution in [0.25, 0.3) is 0 Å². The van der Waals surface area contributed by atoms with E-state index in [1.807, 2.05) is 0 Å². The Morgan fingerprint density at radius 2 is 2.17 bits per heavy atom. The normalized spacial score (nSPS) is 16.5. The molecular formula is C13H16FNO3. The Balaban J connectivity index is 1.88. The Morgan fingerprint density at radius 3 is 2.83 bits per heavy atom. The van der Waals surface area contributed by atoms with Crippen LogP contribution in [0.15, 0.2) is 18.2 Å². The van der Waals surface area contributed by atoms with Crippen molar-refractivity contribution in [2.24, 2.45) is 5.92 Å². The molecule has 0 radical (unpaired) electrons. The lowest BCUT2D eigenvalue weighted by atomic mass is 10.0. The molecule has 2 N–H and O–H groups in total. The highest BCUT2D eigenvalue weighted by molar-refractivity contribution is 5.90. The molecule has 18 heavy (non-hydrogen) atoms. The van der Waals surface area contributed by atoms with Crippen LogP contribution in [0.3, 0.4) is 0 Å². The molecule has 0 bridgehead atoms. The van der Waals surface area contributed by atoms with Gasteiger partial charge in [-0.1, -0.05) is 0 Å². The minimum Gasteiger partial charge on any atom is -0.462 e. The van der Waals surface area contributed by atoms with Crippen LogP contribution in [0.1, 0.15) is 23.2 Å². The molecule has 2 rings (SSSR count). The molecule has 0 spiro atoms. The van der Waals surface area contributed by atoms with E-state index in [4.69, 9.17) is 15.2 Å². The second-order valence-electron chi connectivity index (χ2n) is 4.39. The highest BCUT2D eigenvalue weighted by Gasteiger charge is 2.17. The number of hydrogen-bond acceptors (Lipinski definition) is 4. The molecule has 0 unspecified atom stereocenters. The molecule has 1 aromatic rings. The van der Waals surface area contributed by atoms with Gasteiger partial charge in [0.1, 0.15) is 5.82 Å². The Hall–Kier alpha value is -1.62. The van der Waals surface area contributed by atoms with Gasteiger partial charge in [-0.25, -0.2) is 9.18 Å². The summed E-state index contributed by atoms with van der Waals surface area (Å²) in [6.07, 6.45) is 1.80. The van der Waals surface area contributed by atoms with Gasteiger partial charge in [0.2, 0.25) is 0 Å². The lowest BCUT2D eigenvalue weighted by molar-refractivity contribution is 0.0185. The highest BCUT2D eigenvalue weighted by Crippen LogP contribution is 2.17. The fourth-order valence-corrected chi connectivity index (χ4v) is 1.86. The number of hydrogen-bond donors (Lipinski definition) is 1. The van der Waals surface area contributed by atoms with Crippen LogP contribution in [-0.2, 0) is 9.47 Å². The number of ether oxygens (including phenoxy) is 2. The SMILES string of the molecule is Nc1cc(C(=O)OCC2CCOCC2)ccc1F. The topological polar surface area (TPSA) is 61.6 Å². The first kappa shape index (κ1) is 12.8. The van der Waals surface area contributed by atoms with Crippen molar-refractivity contribution in [2.45, 2.75) is 12.8 Å². The van der Waals surface area contributed by atoms with Crippen LogP contribution in [0, 0.1) is 11.7 Å². The minimum atomic E-state index is -0.532. The highest BCUT2D eigenvalue weighted by atomic mass is 19.1. The molecule has 5 heteroatoms. The fourth-order valence-electron chi connectivity index (χ4n) is 1.86. The molecular weight excluding hydrogens is 237 g/mol. The van der Waals surface area contributed by atoms with Crippen LogP contribution in [-0.4, -0.2) is 25.8 Å². The van der Waals surface area contributed by atoms with Crippen molar-refractivity contribution < 1.29 is 18.7 Å². The van der Waals surface area contributed by atoms with E-state index in [0.717, 1.165) is 12.8 Å². The zero-order valence-corrected chi connectivity index (χ0v) is 10.0. The predicted molar refractivity (Wildman–Crippen MR) is 64.6 cm³/mol. The minimum absolute atomic E-state index is 0.0458. The van der Waals surface area contributed by atoms with E-state index in [-0.39, 0.29) is 11.3 Å². The van der Waals surface area contributed by atoms with Gasteiger partial charge >= 0.3 is 5.97 Å². The maximum absolute atomic E-state index is 12.9. The third kappa shape index (κ3) is 3.20. The molecule has 0 amide bonds. The third-order valence-electron chi connectivity index (χ3n) is 3.02. The first-order valence-electron chi connectivity index (χ1n) is 5.96. The van der Waals surface area contributed by atoms with Crippen molar-refractivity contribution in [3.05, 3.63) is 29.6 Å². The summed E-state index contributed by atoms with van der Waals surface area (Å²) in [6, 6.07) is 3.83. The second-order valence-corrected chi connectivity index (χ2v) is 4.39. The number of rotatable bonds is 3. The summed E-state index contributed by atoms with van der Waals surface area (Å²) in [5.74, 6) is -0.648. The monoisotopic (exact) mass is 253 g/mol. The first-order chi connectivity index (χ1) is 8.66. The van der Waals surface area contributed by atoms with Gasteiger partial charge in [0.15, 0.2) is 0 Å². The summed E-state index contributed by atoms with van der Waals surface area (Å²) in [5.41, 5.74) is 5.63. The molecule has 0 aromatic heterocycles. The van der Waals surface area contributed by atoms with Gasteiger partial charge in [0.25, 0.3) is 0 Å². The molecule has 1 aliphatic rings. The van der Waals surface area contributed by atoms with Crippen LogP contribution in [0.2, 0.25) is 0 Å². The van der Waals surface area contributed by atoms with E-state index >= 15 is 0 Å². The lowest BCUT2D eigenvalue weighted by Gasteiger charge is -2.21. The van der Waals surface area contributed by atoms with E-state index in [9.17, 15) is 9.18 Å². The maximum atomic E-state index is 12.9. The molecule has 1 aliphatic heterocycles. The van der Waals surface area contributed by atoms with Crippen molar-refractivity contribution in [3.8, 4) is 0 Å². The number of carbonyl (C=O) groups is 1. The van der Waals surface area contributed by atoms with Gasteiger partial charge < -0.3 is 15.2 Å². The summed E-state index contributed by atoms with van der Waals surface area (Å²) in [5, 5.41) is 0. The quantitative estimate of drug-likeness (QED) is 0.661. The van der Waals surface area contributed by atoms with Crippen LogP contribution >= 0.6 is 0 Å². The average Bonchev–Trinajstić information content (AvgIpc) is 2.40. The van der Waals surface area contributed by atoms with Crippen molar-refractivity contribution in [2.75, 3.05) is 25.6 Å². The van der Waals surface area contributed by atoms with Gasteiger partial charge in [-0.15, -0.1) is 0 Å². The molecule has 1 aromatic carbocycles. The number of esters is 1. The Kier molecular flexibility index (Phi) is 4.15. The third-order valence-corrected chi connectivity index (χ3v) is 3.02. The Labute approximate surface area is 105 Å². The molecule has 98 valence electrons. The average molecular weight is 253 g/mol. The summed E-state index contributed by atoms with van der Waals surface area (Å²) in [6.45, 7) is 1.80. The zero-order valence-electron chi connectivity index (χ0n) is 10.0. The van der Waals surface area contributed by atoms with Gasteiger partial charge in [-0.05, 0) is 37.0 Å². The molecule has 0 aliphatic carbocycles. The van der Waals surface area contributed by atoms with Gasteiger partial charge in [0.05, 0.1) is 17.9 Å². The lowest BCUT2D eigenvalue weighted by Crippen LogP contribution is -2.22. The number of anilines is 1. The van der Waals surface area contributed by atoms with Crippen LogP contribution in [0.4, 0.5) is 10.1 Å². The van der Waals surface area contributed by atoms with Crippen LogP contribution in [0.5, 0.6) is 0 Å². The predicted octanol–water partition coefficient (Wildman–Crippen LogP) is 1.99. The molecule has 4 nitrogen and oxygen atoms in total. The maximum Gasteiger partial charge on any atom is 0.338 e. The molecule has 0 saturated carbocycles. The van der Waals surface area contributed by atoms with Crippen molar-refractivity contribution in [3.63, 3.8) is 0 Å².